The third-order valence-electron chi connectivity index (χ3n) is 8.18. The Balaban J connectivity index is 1.24. The molecule has 0 unspecified atom stereocenters. The van der Waals surface area contributed by atoms with Gasteiger partial charge in [0.25, 0.3) is 0 Å². The van der Waals surface area contributed by atoms with E-state index in [4.69, 9.17) is 15.7 Å². The van der Waals surface area contributed by atoms with Crippen molar-refractivity contribution < 1.29 is 0 Å². The zero-order valence-electron chi connectivity index (χ0n) is 21.1. The summed E-state index contributed by atoms with van der Waals surface area (Å²) >= 11 is 0. The molecule has 7 nitrogen and oxygen atoms in total. The molecule has 0 radical (unpaired) electrons. The molecule has 37 heavy (non-hydrogen) atoms. The number of nitrogens with zero attached hydrogens (tertiary/aromatic N) is 6. The van der Waals surface area contributed by atoms with E-state index in [-0.39, 0.29) is 0 Å². The highest BCUT2D eigenvalue weighted by atomic mass is 15.3. The van der Waals surface area contributed by atoms with Crippen molar-refractivity contribution in [3.8, 4) is 22.5 Å². The van der Waals surface area contributed by atoms with Crippen LogP contribution in [0.2, 0.25) is 0 Å². The molecule has 3 aromatic heterocycles. The summed E-state index contributed by atoms with van der Waals surface area (Å²) in [5.41, 5.74) is 12.2. The van der Waals surface area contributed by atoms with Gasteiger partial charge in [-0.05, 0) is 32.0 Å². The van der Waals surface area contributed by atoms with E-state index in [1.165, 1.54) is 0 Å². The third kappa shape index (κ3) is 3.95. The highest BCUT2D eigenvalue weighted by Gasteiger charge is 2.38. The Bertz CT molecular complexity index is 1580. The number of aromatic nitrogens is 4. The first-order valence-corrected chi connectivity index (χ1v) is 13.2. The van der Waals surface area contributed by atoms with Crippen LogP contribution in [0, 0.1) is 0 Å². The first-order valence-electron chi connectivity index (χ1n) is 13.2. The molecule has 1 saturated heterocycles. The number of anilines is 1. The van der Waals surface area contributed by atoms with Crippen LogP contribution in [0.4, 0.5) is 5.82 Å². The molecule has 2 N–H and O–H groups in total. The SMILES string of the molecule is CN1CCN(C2CC(c3nc(-c4ccc5ccc(-c6ccccc6)nc5c4)c4c(N)nccn34)C2)CC1. The van der Waals surface area contributed by atoms with Gasteiger partial charge in [0, 0.05) is 67.0 Å². The molecule has 186 valence electrons. The van der Waals surface area contributed by atoms with Crippen molar-refractivity contribution in [2.24, 2.45) is 0 Å². The molecule has 7 heteroatoms. The monoisotopic (exact) mass is 489 g/mol. The quantitative estimate of drug-likeness (QED) is 0.395. The molecule has 2 aromatic carbocycles. The molecular formula is C30H31N7. The van der Waals surface area contributed by atoms with Crippen LogP contribution in [0.15, 0.2) is 73.1 Å². The van der Waals surface area contributed by atoms with E-state index < -0.39 is 0 Å². The summed E-state index contributed by atoms with van der Waals surface area (Å²) in [7, 11) is 2.21. The summed E-state index contributed by atoms with van der Waals surface area (Å²) in [6.45, 7) is 4.63. The van der Waals surface area contributed by atoms with Gasteiger partial charge in [0.1, 0.15) is 22.9 Å². The van der Waals surface area contributed by atoms with Gasteiger partial charge in [0.15, 0.2) is 0 Å². The van der Waals surface area contributed by atoms with Crippen molar-refractivity contribution in [1.82, 2.24) is 29.2 Å². The molecule has 1 aliphatic carbocycles. The zero-order valence-corrected chi connectivity index (χ0v) is 21.1. The van der Waals surface area contributed by atoms with E-state index in [1.807, 2.05) is 24.4 Å². The largest absolute Gasteiger partial charge is 0.382 e. The summed E-state index contributed by atoms with van der Waals surface area (Å²) in [4.78, 5) is 19.7. The summed E-state index contributed by atoms with van der Waals surface area (Å²) in [5.74, 6) is 2.03. The summed E-state index contributed by atoms with van der Waals surface area (Å²) in [6, 6.07) is 21.5. The van der Waals surface area contributed by atoms with Crippen LogP contribution in [-0.2, 0) is 0 Å². The molecule has 2 fully saturated rings. The molecule has 5 aromatic rings. The summed E-state index contributed by atoms with van der Waals surface area (Å²) < 4.78 is 2.17. The molecule has 4 heterocycles. The molecule has 0 spiro atoms. The fourth-order valence-electron chi connectivity index (χ4n) is 5.89. The van der Waals surface area contributed by atoms with Crippen molar-refractivity contribution in [2.75, 3.05) is 39.0 Å². The van der Waals surface area contributed by atoms with Crippen LogP contribution in [0.25, 0.3) is 38.9 Å². The number of imidazole rings is 1. The lowest BCUT2D eigenvalue weighted by atomic mass is 9.78. The minimum atomic E-state index is 0.427. The van der Waals surface area contributed by atoms with Gasteiger partial charge in [-0.2, -0.15) is 0 Å². The number of fused-ring (bicyclic) bond motifs is 2. The minimum Gasteiger partial charge on any atom is -0.382 e. The van der Waals surface area contributed by atoms with Crippen molar-refractivity contribution in [1.29, 1.82) is 0 Å². The molecule has 1 saturated carbocycles. The normalized spacial score (nSPS) is 20.9. The predicted octanol–water partition coefficient (Wildman–Crippen LogP) is 4.69. The van der Waals surface area contributed by atoms with Crippen molar-refractivity contribution >= 4 is 22.2 Å². The highest BCUT2D eigenvalue weighted by molar-refractivity contribution is 5.91. The van der Waals surface area contributed by atoms with Gasteiger partial charge in [-0.25, -0.2) is 15.0 Å². The Morgan fingerprint density at radius 3 is 2.46 bits per heavy atom. The summed E-state index contributed by atoms with van der Waals surface area (Å²) in [5, 5.41) is 1.10. The molecule has 0 amide bonds. The number of likely N-dealkylation sites (N-methyl/N-ethyl adjacent to an activating group) is 1. The fraction of sp³-hybridized carbons (Fsp3) is 0.300. The lowest BCUT2D eigenvalue weighted by Crippen LogP contribution is -2.52. The highest BCUT2D eigenvalue weighted by Crippen LogP contribution is 2.42. The number of benzene rings is 2. The smallest absolute Gasteiger partial charge is 0.150 e. The van der Waals surface area contributed by atoms with E-state index in [1.54, 1.807) is 6.20 Å². The Labute approximate surface area is 216 Å². The van der Waals surface area contributed by atoms with Gasteiger partial charge in [-0.1, -0.05) is 48.5 Å². The lowest BCUT2D eigenvalue weighted by molar-refractivity contribution is 0.0586. The van der Waals surface area contributed by atoms with E-state index in [2.05, 4.69) is 68.7 Å². The van der Waals surface area contributed by atoms with Crippen LogP contribution in [0.3, 0.4) is 0 Å². The van der Waals surface area contributed by atoms with Crippen LogP contribution in [-0.4, -0.2) is 68.4 Å². The van der Waals surface area contributed by atoms with E-state index in [9.17, 15) is 0 Å². The Morgan fingerprint density at radius 2 is 1.65 bits per heavy atom. The number of nitrogen functional groups attached to an aromatic ring is 1. The fourth-order valence-corrected chi connectivity index (χ4v) is 5.89. The summed E-state index contributed by atoms with van der Waals surface area (Å²) in [6.07, 6.45) is 6.07. The number of hydrogen-bond acceptors (Lipinski definition) is 6. The Hall–Kier alpha value is -3.81. The maximum atomic E-state index is 6.44. The average Bonchev–Trinajstić information content (AvgIpc) is 3.29. The second-order valence-corrected chi connectivity index (χ2v) is 10.5. The first-order chi connectivity index (χ1) is 18.1. The van der Waals surface area contributed by atoms with Gasteiger partial charge in [-0.3, -0.25) is 9.30 Å². The minimum absolute atomic E-state index is 0.427. The van der Waals surface area contributed by atoms with Gasteiger partial charge < -0.3 is 10.6 Å². The number of hydrogen-bond donors (Lipinski definition) is 1. The Kier molecular flexibility index (Phi) is 5.41. The second-order valence-electron chi connectivity index (χ2n) is 10.5. The van der Waals surface area contributed by atoms with E-state index in [0.29, 0.717) is 17.8 Å². The standard InChI is InChI=1S/C30H31N7/c1-35-13-15-36(16-14-35)24-17-23(18-24)30-34-27(28-29(31)32-11-12-37(28)30)22-8-7-21-9-10-25(33-26(21)19-22)20-5-3-2-4-6-20/h2-12,19,23-24H,13-18H2,1H3,(H2,31,32). The lowest BCUT2D eigenvalue weighted by Gasteiger charge is -2.45. The van der Waals surface area contributed by atoms with Gasteiger partial charge in [-0.15, -0.1) is 0 Å². The topological polar surface area (TPSA) is 75.6 Å². The third-order valence-corrected chi connectivity index (χ3v) is 8.18. The molecule has 1 aliphatic heterocycles. The van der Waals surface area contributed by atoms with Crippen molar-refractivity contribution in [2.45, 2.75) is 24.8 Å². The van der Waals surface area contributed by atoms with Crippen LogP contribution >= 0.6 is 0 Å². The molecule has 2 aliphatic rings. The van der Waals surface area contributed by atoms with Gasteiger partial charge in [0.2, 0.25) is 0 Å². The maximum absolute atomic E-state index is 6.44. The number of pyridine rings is 1. The molecule has 0 atom stereocenters. The molecule has 0 bridgehead atoms. The van der Waals surface area contributed by atoms with Crippen molar-refractivity contribution in [3.05, 3.63) is 78.9 Å². The number of rotatable bonds is 4. The Morgan fingerprint density at radius 1 is 0.865 bits per heavy atom. The first kappa shape index (κ1) is 22.4. The van der Waals surface area contributed by atoms with Crippen LogP contribution < -0.4 is 5.73 Å². The van der Waals surface area contributed by atoms with Crippen LogP contribution in [0.5, 0.6) is 0 Å². The zero-order chi connectivity index (χ0) is 24.9. The van der Waals surface area contributed by atoms with Gasteiger partial charge >= 0.3 is 0 Å². The van der Waals surface area contributed by atoms with E-state index in [0.717, 1.165) is 83.8 Å². The number of piperazine rings is 1. The molecule has 7 rings (SSSR count). The van der Waals surface area contributed by atoms with Gasteiger partial charge in [0.05, 0.1) is 11.2 Å². The molecular weight excluding hydrogens is 458 g/mol. The number of nitrogens with two attached hydrogens (primary N) is 1. The average molecular weight is 490 g/mol. The van der Waals surface area contributed by atoms with Crippen LogP contribution in [0.1, 0.15) is 24.6 Å². The second kappa shape index (κ2) is 8.94. The predicted molar refractivity (Wildman–Crippen MR) is 148 cm³/mol. The van der Waals surface area contributed by atoms with Crippen molar-refractivity contribution in [3.63, 3.8) is 0 Å². The maximum Gasteiger partial charge on any atom is 0.150 e. The van der Waals surface area contributed by atoms with E-state index >= 15 is 0 Å².